The summed E-state index contributed by atoms with van der Waals surface area (Å²) in [5.41, 5.74) is -0.588. The number of alkyl carbamates (subject to hydrolysis) is 1. The predicted octanol–water partition coefficient (Wildman–Crippen LogP) is 2.29. The van der Waals surface area contributed by atoms with E-state index in [1.807, 2.05) is 0 Å². The number of carbonyl (C=O) groups excluding carboxylic acids is 2. The Morgan fingerprint density at radius 2 is 1.88 bits per heavy atom. The van der Waals surface area contributed by atoms with Crippen LogP contribution in [0.2, 0.25) is 0 Å². The number of aliphatic hydroxyl groups is 1. The van der Waals surface area contributed by atoms with Crippen LogP contribution in [0.3, 0.4) is 0 Å². The highest BCUT2D eigenvalue weighted by Gasteiger charge is 2.26. The molecule has 1 aromatic rings. The van der Waals surface area contributed by atoms with Crippen LogP contribution < -0.4 is 14.8 Å². The van der Waals surface area contributed by atoms with Crippen LogP contribution in [0.25, 0.3) is 0 Å². The van der Waals surface area contributed by atoms with Gasteiger partial charge in [0.15, 0.2) is 11.5 Å². The highest BCUT2D eigenvalue weighted by molar-refractivity contribution is 7.98. The standard InChI is InChI=1S/C21H32N2O10S/c1-21(2,3)33-20(26)22-15(19(25)30-5)13-34-12-14-10-17(29-4)18(11-16(14)23(27)28)32-9-8-31-7-6-24/h10-11,15,24H,6-9,12-13H2,1-5H3,(H,22,26)/t15-/m0/s1. The second-order valence-corrected chi connectivity index (χ2v) is 8.84. The fourth-order valence-corrected chi connectivity index (χ4v) is 3.60. The summed E-state index contributed by atoms with van der Waals surface area (Å²) in [4.78, 5) is 35.2. The molecule has 1 aromatic carbocycles. The lowest BCUT2D eigenvalue weighted by Gasteiger charge is -2.22. The van der Waals surface area contributed by atoms with Gasteiger partial charge in [0.1, 0.15) is 18.2 Å². The SMILES string of the molecule is COC(=O)[C@H](CSCc1cc(OC)c(OCCOCCO)cc1[N+](=O)[O-])NC(=O)OC(C)(C)C. The van der Waals surface area contributed by atoms with E-state index >= 15 is 0 Å². The van der Waals surface area contributed by atoms with Gasteiger partial charge in [-0.1, -0.05) is 0 Å². The quantitative estimate of drug-likeness (QED) is 0.166. The molecule has 13 heteroatoms. The van der Waals surface area contributed by atoms with E-state index in [2.05, 4.69) is 5.32 Å². The van der Waals surface area contributed by atoms with Gasteiger partial charge in [-0.3, -0.25) is 10.1 Å². The maximum Gasteiger partial charge on any atom is 0.408 e. The van der Waals surface area contributed by atoms with Gasteiger partial charge in [0.25, 0.3) is 5.69 Å². The maximum atomic E-state index is 12.1. The van der Waals surface area contributed by atoms with Crippen LogP contribution in [0.4, 0.5) is 10.5 Å². The first-order valence-electron chi connectivity index (χ1n) is 10.3. The first kappa shape index (κ1) is 29.3. The van der Waals surface area contributed by atoms with Crippen molar-refractivity contribution in [3.63, 3.8) is 0 Å². The summed E-state index contributed by atoms with van der Waals surface area (Å²) in [6, 6.07) is 1.74. The summed E-state index contributed by atoms with van der Waals surface area (Å²) >= 11 is 1.19. The smallest absolute Gasteiger partial charge is 0.408 e. The first-order valence-corrected chi connectivity index (χ1v) is 11.5. The highest BCUT2D eigenvalue weighted by atomic mass is 32.2. The molecule has 0 fully saturated rings. The van der Waals surface area contributed by atoms with Gasteiger partial charge in [-0.05, 0) is 26.8 Å². The lowest BCUT2D eigenvalue weighted by atomic mass is 10.2. The first-order chi connectivity index (χ1) is 16.0. The number of nitrogens with zero attached hydrogens (tertiary/aromatic N) is 1. The summed E-state index contributed by atoms with van der Waals surface area (Å²) in [7, 11) is 2.60. The second-order valence-electron chi connectivity index (χ2n) is 7.81. The van der Waals surface area contributed by atoms with Crippen molar-refractivity contribution in [2.45, 2.75) is 38.2 Å². The van der Waals surface area contributed by atoms with Gasteiger partial charge in [0.05, 0.1) is 45.0 Å². The van der Waals surface area contributed by atoms with Gasteiger partial charge in [0, 0.05) is 17.1 Å². The number of esters is 1. The van der Waals surface area contributed by atoms with Crippen LogP contribution in [0, 0.1) is 10.1 Å². The minimum Gasteiger partial charge on any atom is -0.493 e. The molecule has 12 nitrogen and oxygen atoms in total. The molecule has 0 aromatic heterocycles. The van der Waals surface area contributed by atoms with Crippen molar-refractivity contribution < 1.29 is 43.3 Å². The van der Waals surface area contributed by atoms with Crippen molar-refractivity contribution in [3.05, 3.63) is 27.8 Å². The molecule has 1 atom stereocenters. The van der Waals surface area contributed by atoms with E-state index in [9.17, 15) is 19.7 Å². The molecule has 1 amide bonds. The molecule has 1 rings (SSSR count). The Labute approximate surface area is 202 Å². The van der Waals surface area contributed by atoms with Crippen LogP contribution >= 0.6 is 11.8 Å². The van der Waals surface area contributed by atoms with E-state index in [1.54, 1.807) is 20.8 Å². The number of thioether (sulfide) groups is 1. The molecule has 192 valence electrons. The molecule has 0 saturated carbocycles. The van der Waals surface area contributed by atoms with Crippen LogP contribution in [0.1, 0.15) is 26.3 Å². The Balaban J connectivity index is 2.89. The zero-order valence-electron chi connectivity index (χ0n) is 20.0. The normalized spacial score (nSPS) is 11.9. The minimum atomic E-state index is -1.01. The van der Waals surface area contributed by atoms with Crippen molar-refractivity contribution in [2.75, 3.05) is 46.4 Å². The molecular formula is C21H32N2O10S. The number of amides is 1. The van der Waals surface area contributed by atoms with Crippen LogP contribution in [-0.2, 0) is 24.8 Å². The average molecular weight is 505 g/mol. The largest absolute Gasteiger partial charge is 0.493 e. The molecule has 0 heterocycles. The Bertz CT molecular complexity index is 829. The topological polar surface area (TPSA) is 156 Å². The predicted molar refractivity (Wildman–Crippen MR) is 124 cm³/mol. The van der Waals surface area contributed by atoms with Crippen LogP contribution in [0.15, 0.2) is 12.1 Å². The van der Waals surface area contributed by atoms with Crippen molar-refractivity contribution in [1.29, 1.82) is 0 Å². The molecule has 0 spiro atoms. The molecule has 34 heavy (non-hydrogen) atoms. The van der Waals surface area contributed by atoms with Gasteiger partial charge in [-0.15, -0.1) is 0 Å². The third kappa shape index (κ3) is 10.4. The van der Waals surface area contributed by atoms with Crippen molar-refractivity contribution in [2.24, 2.45) is 0 Å². The van der Waals surface area contributed by atoms with Gasteiger partial charge in [0.2, 0.25) is 0 Å². The Morgan fingerprint density at radius 3 is 2.44 bits per heavy atom. The van der Waals surface area contributed by atoms with Gasteiger partial charge >= 0.3 is 12.1 Å². The van der Waals surface area contributed by atoms with Gasteiger partial charge in [-0.2, -0.15) is 11.8 Å². The average Bonchev–Trinajstić information content (AvgIpc) is 2.76. The number of hydrogen-bond acceptors (Lipinski definition) is 11. The molecule has 0 bridgehead atoms. The summed E-state index contributed by atoms with van der Waals surface area (Å²) in [6.07, 6.45) is -0.777. The molecule has 0 aliphatic heterocycles. The van der Waals surface area contributed by atoms with E-state index < -0.39 is 28.6 Å². The third-order valence-electron chi connectivity index (χ3n) is 4.00. The van der Waals surface area contributed by atoms with Crippen molar-refractivity contribution in [1.82, 2.24) is 5.32 Å². The Hall–Kier alpha value is -2.77. The Morgan fingerprint density at radius 1 is 1.18 bits per heavy atom. The molecule has 0 radical (unpaired) electrons. The summed E-state index contributed by atoms with van der Waals surface area (Å²) in [6.45, 7) is 5.41. The number of nitrogens with one attached hydrogen (secondary N) is 1. The molecule has 0 aliphatic rings. The molecule has 0 aliphatic carbocycles. The molecule has 2 N–H and O–H groups in total. The summed E-state index contributed by atoms with van der Waals surface area (Å²) in [5, 5.41) is 22.8. The fraction of sp³-hybridized carbons (Fsp3) is 0.619. The third-order valence-corrected chi connectivity index (χ3v) is 5.09. The van der Waals surface area contributed by atoms with E-state index in [1.165, 1.54) is 38.1 Å². The van der Waals surface area contributed by atoms with Gasteiger partial charge < -0.3 is 34.1 Å². The second kappa shape index (κ2) is 14.5. The number of aliphatic hydroxyl groups excluding tert-OH is 1. The monoisotopic (exact) mass is 504 g/mol. The molecule has 0 unspecified atom stereocenters. The zero-order chi connectivity index (χ0) is 25.7. The number of carbonyl (C=O) groups is 2. The Kier molecular flexibility index (Phi) is 12.5. The van der Waals surface area contributed by atoms with E-state index in [0.29, 0.717) is 11.3 Å². The lowest BCUT2D eigenvalue weighted by Crippen LogP contribution is -2.45. The van der Waals surface area contributed by atoms with E-state index in [4.69, 9.17) is 28.8 Å². The minimum absolute atomic E-state index is 0.0891. The number of hydrogen-bond donors (Lipinski definition) is 2. The number of methoxy groups -OCH3 is 2. The number of ether oxygens (including phenoxy) is 5. The van der Waals surface area contributed by atoms with E-state index in [0.717, 1.165) is 0 Å². The van der Waals surface area contributed by atoms with Crippen LogP contribution in [0.5, 0.6) is 11.5 Å². The molecule has 0 saturated heterocycles. The molecular weight excluding hydrogens is 472 g/mol. The number of nitro groups is 1. The summed E-state index contributed by atoms with van der Waals surface area (Å²) in [5.74, 6) is 0.0361. The fourth-order valence-electron chi connectivity index (χ4n) is 2.57. The number of nitro benzene ring substituents is 1. The van der Waals surface area contributed by atoms with Crippen LogP contribution in [-0.4, -0.2) is 80.1 Å². The van der Waals surface area contributed by atoms with Crippen molar-refractivity contribution >= 4 is 29.5 Å². The lowest BCUT2D eigenvalue weighted by molar-refractivity contribution is -0.385. The van der Waals surface area contributed by atoms with E-state index in [-0.39, 0.29) is 49.4 Å². The number of rotatable bonds is 14. The highest BCUT2D eigenvalue weighted by Crippen LogP contribution is 2.36. The van der Waals surface area contributed by atoms with Gasteiger partial charge in [-0.25, -0.2) is 9.59 Å². The maximum absolute atomic E-state index is 12.1. The summed E-state index contributed by atoms with van der Waals surface area (Å²) < 4.78 is 25.8. The van der Waals surface area contributed by atoms with Crippen molar-refractivity contribution in [3.8, 4) is 11.5 Å². The number of benzene rings is 1. The zero-order valence-corrected chi connectivity index (χ0v) is 20.8.